The summed E-state index contributed by atoms with van der Waals surface area (Å²) in [6.45, 7) is 4.59. The van der Waals surface area contributed by atoms with Gasteiger partial charge in [-0.3, -0.25) is 0 Å². The van der Waals surface area contributed by atoms with Crippen LogP contribution >= 0.6 is 0 Å². The Labute approximate surface area is 290 Å². The fourth-order valence-electron chi connectivity index (χ4n) is 8.01. The summed E-state index contributed by atoms with van der Waals surface area (Å²) in [7, 11) is 0. The highest BCUT2D eigenvalue weighted by Gasteiger charge is 2.40. The lowest BCUT2D eigenvalue weighted by Gasteiger charge is -2.24. The van der Waals surface area contributed by atoms with Crippen molar-refractivity contribution in [2.45, 2.75) is 19.3 Å². The lowest BCUT2D eigenvalue weighted by atomic mass is 9.80. The van der Waals surface area contributed by atoms with E-state index >= 15 is 0 Å². The summed E-state index contributed by atoms with van der Waals surface area (Å²) in [6.07, 6.45) is 0. The van der Waals surface area contributed by atoms with Crippen molar-refractivity contribution in [1.29, 1.82) is 0 Å². The summed E-state index contributed by atoms with van der Waals surface area (Å²) in [5.74, 6) is 0.742. The lowest BCUT2D eigenvalue weighted by molar-refractivity contribution is 0.658. The van der Waals surface area contributed by atoms with E-state index in [1.54, 1.807) is 0 Å². The maximum atomic E-state index is 6.70. The quantitative estimate of drug-likeness (QED) is 0.192. The molecule has 1 aliphatic carbocycles. The summed E-state index contributed by atoms with van der Waals surface area (Å²) in [5, 5.41) is 4.59. The molecule has 0 fully saturated rings. The van der Waals surface area contributed by atoms with Crippen LogP contribution in [0.2, 0.25) is 0 Å². The first-order valence-electron chi connectivity index (χ1n) is 17.2. The number of hydrogen-bond acceptors (Lipinski definition) is 3. The Balaban J connectivity index is 1.12. The van der Waals surface area contributed by atoms with E-state index in [9.17, 15) is 0 Å². The molecule has 50 heavy (non-hydrogen) atoms. The average Bonchev–Trinajstić information content (AvgIpc) is 3.68. The molecule has 10 rings (SSSR count). The van der Waals surface area contributed by atoms with Gasteiger partial charge in [0, 0.05) is 49.4 Å². The molecule has 0 amide bonds. The second-order valence-electron chi connectivity index (χ2n) is 13.8. The van der Waals surface area contributed by atoms with Crippen molar-refractivity contribution in [3.05, 3.63) is 169 Å². The zero-order valence-electron chi connectivity index (χ0n) is 27.8. The molecule has 0 atom stereocenters. The van der Waals surface area contributed by atoms with E-state index < -0.39 is 0 Å². The second-order valence-corrected chi connectivity index (χ2v) is 13.8. The first kappa shape index (κ1) is 28.7. The Hall–Kier alpha value is -6.32. The van der Waals surface area contributed by atoms with E-state index in [1.165, 1.54) is 22.1 Å². The third-order valence-electron chi connectivity index (χ3n) is 10.5. The van der Waals surface area contributed by atoms with Crippen LogP contribution in [0.5, 0.6) is 0 Å². The minimum absolute atomic E-state index is 0.247. The van der Waals surface area contributed by atoms with Gasteiger partial charge in [-0.25, -0.2) is 9.97 Å². The number of benzene rings is 7. The Morgan fingerprint density at radius 2 is 1.04 bits per heavy atom. The summed E-state index contributed by atoms with van der Waals surface area (Å²) < 4.78 is 6.70. The molecule has 2 heterocycles. The SMILES string of the molecule is CC1(C)c2ccccc2-c2nc(-c3ccccc3)nc(-c3cccc(-c4cccc(-c5cccc6c5oc5c7ccccc7ccc65)c4)c3)c21. The molecule has 0 radical (unpaired) electrons. The van der Waals surface area contributed by atoms with Gasteiger partial charge in [-0.05, 0) is 45.8 Å². The normalized spacial score (nSPS) is 13.2. The van der Waals surface area contributed by atoms with E-state index in [1.807, 2.05) is 18.2 Å². The predicted octanol–water partition coefficient (Wildman–Crippen LogP) is 12.5. The van der Waals surface area contributed by atoms with Crippen LogP contribution in [0.1, 0.15) is 25.0 Å². The molecular weight excluding hydrogens is 609 g/mol. The molecule has 3 heteroatoms. The van der Waals surface area contributed by atoms with Crippen molar-refractivity contribution >= 4 is 32.7 Å². The molecule has 0 saturated heterocycles. The molecule has 3 nitrogen and oxygen atoms in total. The number of para-hydroxylation sites is 1. The van der Waals surface area contributed by atoms with Crippen LogP contribution in [0.25, 0.3) is 88.9 Å². The summed E-state index contributed by atoms with van der Waals surface area (Å²) >= 11 is 0. The number of rotatable bonds is 4. The zero-order chi connectivity index (χ0) is 33.4. The highest BCUT2D eigenvalue weighted by molar-refractivity contribution is 6.17. The van der Waals surface area contributed by atoms with Gasteiger partial charge >= 0.3 is 0 Å². The first-order valence-corrected chi connectivity index (χ1v) is 17.2. The Morgan fingerprint density at radius 3 is 1.90 bits per heavy atom. The van der Waals surface area contributed by atoms with Crippen molar-refractivity contribution < 1.29 is 4.42 Å². The molecule has 7 aromatic carbocycles. The van der Waals surface area contributed by atoms with Crippen LogP contribution in [0.3, 0.4) is 0 Å². The fourth-order valence-corrected chi connectivity index (χ4v) is 8.01. The van der Waals surface area contributed by atoms with Crippen LogP contribution in [0, 0.1) is 0 Å². The van der Waals surface area contributed by atoms with E-state index in [2.05, 4.69) is 153 Å². The fraction of sp³-hybridized carbons (Fsp3) is 0.0638. The van der Waals surface area contributed by atoms with Crippen molar-refractivity contribution in [2.24, 2.45) is 0 Å². The molecular formula is C47H32N2O. The van der Waals surface area contributed by atoms with Crippen LogP contribution < -0.4 is 0 Å². The van der Waals surface area contributed by atoms with Gasteiger partial charge in [-0.1, -0.05) is 153 Å². The van der Waals surface area contributed by atoms with Gasteiger partial charge in [0.15, 0.2) is 5.82 Å². The van der Waals surface area contributed by atoms with E-state index in [-0.39, 0.29) is 5.41 Å². The molecule has 2 aromatic heterocycles. The Morgan fingerprint density at radius 1 is 0.440 bits per heavy atom. The van der Waals surface area contributed by atoms with Crippen LogP contribution in [0.4, 0.5) is 0 Å². The van der Waals surface area contributed by atoms with E-state index in [0.717, 1.165) is 77.9 Å². The van der Waals surface area contributed by atoms with E-state index in [4.69, 9.17) is 14.4 Å². The topological polar surface area (TPSA) is 38.9 Å². The minimum Gasteiger partial charge on any atom is -0.455 e. The average molecular weight is 641 g/mol. The van der Waals surface area contributed by atoms with Crippen molar-refractivity contribution in [3.63, 3.8) is 0 Å². The largest absolute Gasteiger partial charge is 0.455 e. The maximum Gasteiger partial charge on any atom is 0.160 e. The van der Waals surface area contributed by atoms with Crippen LogP contribution in [0.15, 0.2) is 162 Å². The third-order valence-corrected chi connectivity index (χ3v) is 10.5. The standard InChI is InChI=1S/C47H32N2O/c1-47(2)40-24-9-8-21-39(40)43-41(47)42(48-46(49-43)30-14-4-3-5-15-30)34-19-11-17-32(28-34)31-16-10-18-33(27-31)36-22-12-23-37-38-26-25-29-13-6-7-20-35(29)44(38)50-45(36)37/h3-28H,1-2H3. The van der Waals surface area contributed by atoms with Gasteiger partial charge in [-0.2, -0.15) is 0 Å². The molecule has 236 valence electrons. The highest BCUT2D eigenvalue weighted by atomic mass is 16.3. The number of fused-ring (bicyclic) bond motifs is 8. The van der Waals surface area contributed by atoms with Crippen molar-refractivity contribution in [3.8, 4) is 56.2 Å². The maximum absolute atomic E-state index is 6.70. The van der Waals surface area contributed by atoms with Crippen LogP contribution in [-0.4, -0.2) is 9.97 Å². The molecule has 1 aliphatic rings. The van der Waals surface area contributed by atoms with Crippen LogP contribution in [-0.2, 0) is 5.41 Å². The third kappa shape index (κ3) is 4.30. The zero-order valence-corrected chi connectivity index (χ0v) is 27.8. The summed E-state index contributed by atoms with van der Waals surface area (Å²) in [4.78, 5) is 10.5. The predicted molar refractivity (Wildman–Crippen MR) is 206 cm³/mol. The van der Waals surface area contributed by atoms with Gasteiger partial charge in [0.05, 0.1) is 11.4 Å². The number of aromatic nitrogens is 2. The van der Waals surface area contributed by atoms with Crippen molar-refractivity contribution in [2.75, 3.05) is 0 Å². The van der Waals surface area contributed by atoms with Crippen molar-refractivity contribution in [1.82, 2.24) is 9.97 Å². The summed E-state index contributed by atoms with van der Waals surface area (Å²) in [6, 6.07) is 55.8. The molecule has 0 bridgehead atoms. The first-order chi connectivity index (χ1) is 24.5. The molecule has 0 aliphatic heterocycles. The molecule has 9 aromatic rings. The molecule has 0 saturated carbocycles. The highest BCUT2D eigenvalue weighted by Crippen LogP contribution is 2.51. The second kappa shape index (κ2) is 10.8. The minimum atomic E-state index is -0.247. The van der Waals surface area contributed by atoms with Gasteiger partial charge in [0.2, 0.25) is 0 Å². The molecule has 0 unspecified atom stereocenters. The van der Waals surface area contributed by atoms with Gasteiger partial charge < -0.3 is 4.42 Å². The van der Waals surface area contributed by atoms with Gasteiger partial charge in [-0.15, -0.1) is 0 Å². The smallest absolute Gasteiger partial charge is 0.160 e. The summed E-state index contributed by atoms with van der Waals surface area (Å²) in [5.41, 5.74) is 13.8. The monoisotopic (exact) mass is 640 g/mol. The van der Waals surface area contributed by atoms with E-state index in [0.29, 0.717) is 0 Å². The Bertz CT molecular complexity index is 2790. The number of furan rings is 1. The molecule has 0 N–H and O–H groups in total. The van der Waals surface area contributed by atoms with Gasteiger partial charge in [0.25, 0.3) is 0 Å². The van der Waals surface area contributed by atoms with Gasteiger partial charge in [0.1, 0.15) is 11.2 Å². The number of nitrogens with zero attached hydrogens (tertiary/aromatic N) is 2. The lowest BCUT2D eigenvalue weighted by Crippen LogP contribution is -2.17. The molecule has 0 spiro atoms. The number of hydrogen-bond donors (Lipinski definition) is 0. The Kier molecular flexibility index (Phi) is 6.22.